The second-order valence-electron chi connectivity index (χ2n) is 5.66. The van der Waals surface area contributed by atoms with Gasteiger partial charge in [0.15, 0.2) is 11.0 Å². The number of fused-ring (bicyclic) bond motifs is 1. The minimum atomic E-state index is -0.506. The maximum absolute atomic E-state index is 12.6. The lowest BCUT2D eigenvalue weighted by Crippen LogP contribution is -2.15. The molecule has 0 aliphatic carbocycles. The van der Waals surface area contributed by atoms with E-state index in [9.17, 15) is 9.59 Å². The molecule has 0 spiro atoms. The number of hydrogen-bond donors (Lipinski definition) is 1. The largest absolute Gasteiger partial charge is 0.454 e. The first-order valence-corrected chi connectivity index (χ1v) is 8.41. The average Bonchev–Trinajstić information content (AvgIpc) is 2.69. The van der Waals surface area contributed by atoms with Crippen LogP contribution in [0.3, 0.4) is 0 Å². The van der Waals surface area contributed by atoms with Gasteiger partial charge in [0.2, 0.25) is 5.82 Å². The van der Waals surface area contributed by atoms with Gasteiger partial charge < -0.3 is 9.73 Å². The fraction of sp³-hybridized carbons (Fsp3) is 0. The lowest BCUT2D eigenvalue weighted by molar-refractivity contribution is 0.101. The summed E-state index contributed by atoms with van der Waals surface area (Å²) in [6.07, 6.45) is 2.95. The number of para-hydroxylation sites is 1. The molecule has 0 bridgehead atoms. The van der Waals surface area contributed by atoms with Gasteiger partial charge in [-0.15, -0.1) is 0 Å². The molecule has 0 atom stereocenters. The molecule has 1 N–H and O–H groups in total. The predicted molar refractivity (Wildman–Crippen MR) is 103 cm³/mol. The number of hydrogen-bond acceptors (Lipinski definition) is 5. The maximum Gasteiger partial charge on any atom is 0.293 e. The topological polar surface area (TPSA) is 85.1 Å². The molecule has 6 nitrogen and oxygen atoms in total. The zero-order valence-corrected chi connectivity index (χ0v) is 14.6. The molecule has 0 radical (unpaired) electrons. The molecule has 2 heterocycles. The summed E-state index contributed by atoms with van der Waals surface area (Å²) in [7, 11) is 0. The molecule has 0 saturated heterocycles. The van der Waals surface area contributed by atoms with E-state index in [1.807, 2.05) is 0 Å². The molecule has 2 aromatic heterocycles. The van der Waals surface area contributed by atoms with Gasteiger partial charge in [0.25, 0.3) is 5.91 Å². The number of carbonyl (C=O) groups is 1. The standard InChI is InChI=1S/C20H12ClN3O3/c21-14-7-2-1-5-12(14)17-11-16(25)13-6-3-8-15(18(13)27-17)24-20(26)19-22-9-4-10-23-19/h1-11H,(H,24,26). The van der Waals surface area contributed by atoms with Crippen LogP contribution in [0.4, 0.5) is 5.69 Å². The van der Waals surface area contributed by atoms with Crippen LogP contribution in [0, 0.1) is 0 Å². The number of aromatic nitrogens is 2. The van der Waals surface area contributed by atoms with Crippen LogP contribution < -0.4 is 10.7 Å². The van der Waals surface area contributed by atoms with Crippen molar-refractivity contribution in [1.82, 2.24) is 9.97 Å². The molecular formula is C20H12ClN3O3. The van der Waals surface area contributed by atoms with Gasteiger partial charge in [0.05, 0.1) is 16.1 Å². The van der Waals surface area contributed by atoms with Gasteiger partial charge in [-0.25, -0.2) is 9.97 Å². The van der Waals surface area contributed by atoms with Crippen molar-refractivity contribution in [3.8, 4) is 11.3 Å². The number of nitrogens with one attached hydrogen (secondary N) is 1. The van der Waals surface area contributed by atoms with E-state index < -0.39 is 5.91 Å². The van der Waals surface area contributed by atoms with Gasteiger partial charge >= 0.3 is 0 Å². The maximum atomic E-state index is 12.6. The van der Waals surface area contributed by atoms with Crippen LogP contribution in [0.15, 0.2) is 76.2 Å². The number of carbonyl (C=O) groups excluding carboxylic acids is 1. The van der Waals surface area contributed by atoms with Gasteiger partial charge in [-0.05, 0) is 30.3 Å². The first-order chi connectivity index (χ1) is 13.1. The highest BCUT2D eigenvalue weighted by atomic mass is 35.5. The minimum absolute atomic E-state index is 0.0131. The van der Waals surface area contributed by atoms with Crippen LogP contribution in [0.2, 0.25) is 5.02 Å². The smallest absolute Gasteiger partial charge is 0.293 e. The van der Waals surface area contributed by atoms with Crippen LogP contribution in [-0.4, -0.2) is 15.9 Å². The van der Waals surface area contributed by atoms with E-state index in [-0.39, 0.29) is 16.8 Å². The Morgan fingerprint density at radius 1 is 1.00 bits per heavy atom. The summed E-state index contributed by atoms with van der Waals surface area (Å²) in [6.45, 7) is 0. The second kappa shape index (κ2) is 7.01. The third-order valence-corrected chi connectivity index (χ3v) is 4.24. The van der Waals surface area contributed by atoms with E-state index >= 15 is 0 Å². The lowest BCUT2D eigenvalue weighted by atomic mass is 10.1. The highest BCUT2D eigenvalue weighted by molar-refractivity contribution is 6.33. The third kappa shape index (κ3) is 3.30. The molecule has 7 heteroatoms. The Kier molecular flexibility index (Phi) is 4.40. The normalized spacial score (nSPS) is 10.7. The summed E-state index contributed by atoms with van der Waals surface area (Å²) >= 11 is 6.22. The highest BCUT2D eigenvalue weighted by Gasteiger charge is 2.15. The van der Waals surface area contributed by atoms with Crippen LogP contribution in [-0.2, 0) is 0 Å². The van der Waals surface area contributed by atoms with E-state index in [4.69, 9.17) is 16.0 Å². The zero-order valence-electron chi connectivity index (χ0n) is 13.8. The molecule has 0 aliphatic rings. The molecular weight excluding hydrogens is 366 g/mol. The van der Waals surface area contributed by atoms with Crippen LogP contribution in [0.1, 0.15) is 10.6 Å². The Morgan fingerprint density at radius 3 is 2.56 bits per heavy atom. The van der Waals surface area contributed by atoms with Crippen molar-refractivity contribution in [2.75, 3.05) is 5.32 Å². The fourth-order valence-electron chi connectivity index (χ4n) is 2.66. The average molecular weight is 378 g/mol. The number of halogens is 1. The van der Waals surface area contributed by atoms with Gasteiger partial charge in [-0.2, -0.15) is 0 Å². The van der Waals surface area contributed by atoms with E-state index in [2.05, 4.69) is 15.3 Å². The monoisotopic (exact) mass is 377 g/mol. The summed E-state index contributed by atoms with van der Waals surface area (Å²) < 4.78 is 5.94. The van der Waals surface area contributed by atoms with E-state index in [1.54, 1.807) is 48.5 Å². The van der Waals surface area contributed by atoms with Gasteiger partial charge in [-0.1, -0.05) is 29.8 Å². The molecule has 0 unspecified atom stereocenters. The fourth-order valence-corrected chi connectivity index (χ4v) is 2.89. The van der Waals surface area contributed by atoms with E-state index in [1.165, 1.54) is 18.5 Å². The van der Waals surface area contributed by atoms with E-state index in [0.29, 0.717) is 27.4 Å². The second-order valence-corrected chi connectivity index (χ2v) is 6.07. The van der Waals surface area contributed by atoms with Gasteiger partial charge in [-0.3, -0.25) is 9.59 Å². The predicted octanol–water partition coefficient (Wildman–Crippen LogP) is 4.16. The Bertz CT molecular complexity index is 1210. The number of nitrogens with zero attached hydrogens (tertiary/aromatic N) is 2. The summed E-state index contributed by atoms with van der Waals surface area (Å²) in [5.41, 5.74) is 0.948. The first kappa shape index (κ1) is 16.9. The van der Waals surface area contributed by atoms with Crippen LogP contribution >= 0.6 is 11.6 Å². The van der Waals surface area contributed by atoms with Crippen molar-refractivity contribution < 1.29 is 9.21 Å². The molecule has 2 aromatic carbocycles. The lowest BCUT2D eigenvalue weighted by Gasteiger charge is -2.09. The summed E-state index contributed by atoms with van der Waals surface area (Å²) in [5, 5.41) is 3.49. The Morgan fingerprint density at radius 2 is 1.78 bits per heavy atom. The third-order valence-electron chi connectivity index (χ3n) is 3.91. The molecule has 0 aliphatic heterocycles. The van der Waals surface area contributed by atoms with Gasteiger partial charge in [0, 0.05) is 24.0 Å². The van der Waals surface area contributed by atoms with Crippen LogP contribution in [0.5, 0.6) is 0 Å². The number of rotatable bonds is 3. The van der Waals surface area contributed by atoms with Crippen molar-refractivity contribution >= 4 is 34.2 Å². The highest BCUT2D eigenvalue weighted by Crippen LogP contribution is 2.31. The Labute approximate surface area is 158 Å². The Balaban J connectivity index is 1.83. The summed E-state index contributed by atoms with van der Waals surface area (Å²) in [6, 6.07) is 15.0. The van der Waals surface area contributed by atoms with Crippen molar-refractivity contribution in [3.05, 3.63) is 88.1 Å². The van der Waals surface area contributed by atoms with Crippen molar-refractivity contribution in [3.63, 3.8) is 0 Å². The quantitative estimate of drug-likeness (QED) is 0.579. The molecule has 0 saturated carbocycles. The van der Waals surface area contributed by atoms with Crippen molar-refractivity contribution in [1.29, 1.82) is 0 Å². The molecule has 4 rings (SSSR count). The zero-order chi connectivity index (χ0) is 18.8. The van der Waals surface area contributed by atoms with Crippen molar-refractivity contribution in [2.45, 2.75) is 0 Å². The number of anilines is 1. The molecule has 1 amide bonds. The summed E-state index contributed by atoms with van der Waals surface area (Å²) in [5.74, 6) is -0.177. The first-order valence-electron chi connectivity index (χ1n) is 8.03. The summed E-state index contributed by atoms with van der Waals surface area (Å²) in [4.78, 5) is 32.8. The van der Waals surface area contributed by atoms with Crippen LogP contribution in [0.25, 0.3) is 22.3 Å². The van der Waals surface area contributed by atoms with E-state index in [0.717, 1.165) is 0 Å². The van der Waals surface area contributed by atoms with Gasteiger partial charge in [0.1, 0.15) is 5.76 Å². The SMILES string of the molecule is O=C(Nc1cccc2c(=O)cc(-c3ccccc3Cl)oc12)c1ncccn1. The molecule has 27 heavy (non-hydrogen) atoms. The molecule has 132 valence electrons. The number of amides is 1. The Hall–Kier alpha value is -3.51. The van der Waals surface area contributed by atoms with Crippen molar-refractivity contribution in [2.24, 2.45) is 0 Å². The minimum Gasteiger partial charge on any atom is -0.454 e. The number of benzene rings is 2. The molecule has 4 aromatic rings. The molecule has 0 fully saturated rings.